The van der Waals surface area contributed by atoms with Crippen LogP contribution in [0.1, 0.15) is 10.5 Å². The maximum absolute atomic E-state index is 13.1. The number of anilines is 1. The van der Waals surface area contributed by atoms with Crippen molar-refractivity contribution in [3.63, 3.8) is 0 Å². The highest BCUT2D eigenvalue weighted by molar-refractivity contribution is 7.92. The average molecular weight is 431 g/mol. The second kappa shape index (κ2) is 6.84. The van der Waals surface area contributed by atoms with Crippen molar-refractivity contribution < 1.29 is 27.8 Å². The summed E-state index contributed by atoms with van der Waals surface area (Å²) in [5, 5.41) is 19.3. The Labute approximate surface area is 162 Å². The van der Waals surface area contributed by atoms with E-state index in [0.29, 0.717) is 6.07 Å². The van der Waals surface area contributed by atoms with Crippen molar-refractivity contribution in [1.29, 1.82) is 0 Å². The molecule has 1 aromatic heterocycles. The van der Waals surface area contributed by atoms with Crippen molar-refractivity contribution in [3.05, 3.63) is 58.0 Å². The van der Waals surface area contributed by atoms with E-state index in [4.69, 9.17) is 23.2 Å². The number of nitrogens with one attached hydrogen (secondary N) is 1. The smallest absolute Gasteiger partial charge is 0.354 e. The molecule has 7 nitrogen and oxygen atoms in total. The number of hydrogen-bond acceptors (Lipinski definition) is 5. The Morgan fingerprint density at radius 2 is 1.85 bits per heavy atom. The van der Waals surface area contributed by atoms with Crippen LogP contribution in [0.4, 0.5) is 10.1 Å². The number of aromatic nitrogens is 1. The summed E-state index contributed by atoms with van der Waals surface area (Å²) in [5.74, 6) is -3.04. The Morgan fingerprint density at radius 3 is 2.48 bits per heavy atom. The van der Waals surface area contributed by atoms with Gasteiger partial charge in [0.15, 0.2) is 5.69 Å². The predicted molar refractivity (Wildman–Crippen MR) is 97.6 cm³/mol. The Bertz CT molecular complexity index is 1200. The second-order valence-electron chi connectivity index (χ2n) is 5.36. The summed E-state index contributed by atoms with van der Waals surface area (Å²) in [4.78, 5) is 14.6. The maximum Gasteiger partial charge on any atom is 0.354 e. The molecule has 140 valence electrons. The summed E-state index contributed by atoms with van der Waals surface area (Å²) in [6.07, 6.45) is 0. The molecule has 11 heteroatoms. The SMILES string of the molecule is O=C(O)c1cc(NS(=O)(=O)c2ccc(F)cc2O)c2c(Cl)cc(Cl)cc2n1. The number of halogens is 3. The zero-order chi connectivity index (χ0) is 19.9. The molecular formula is C16H9Cl2FN2O5S. The van der Waals surface area contributed by atoms with E-state index in [9.17, 15) is 27.8 Å². The standard InChI is InChI=1S/C16H9Cl2FN2O5S/c17-7-3-9(18)15-10(4-7)20-12(16(23)24)6-11(15)21-27(25,26)14-2-1-8(19)5-13(14)22/h1-6,22H,(H,20,21)(H,23,24). The largest absolute Gasteiger partial charge is 0.506 e. The van der Waals surface area contributed by atoms with E-state index in [-0.39, 0.29) is 26.6 Å². The average Bonchev–Trinajstić information content (AvgIpc) is 2.52. The number of carboxylic acid groups (broad SMARTS) is 1. The molecule has 3 N–H and O–H groups in total. The molecule has 0 bridgehead atoms. The molecule has 0 aliphatic heterocycles. The minimum atomic E-state index is -4.40. The lowest BCUT2D eigenvalue weighted by molar-refractivity contribution is 0.0691. The van der Waals surface area contributed by atoms with Crippen LogP contribution in [-0.4, -0.2) is 29.6 Å². The van der Waals surface area contributed by atoms with Gasteiger partial charge in [-0.2, -0.15) is 0 Å². The van der Waals surface area contributed by atoms with E-state index in [1.165, 1.54) is 12.1 Å². The van der Waals surface area contributed by atoms with Gasteiger partial charge in [-0.05, 0) is 30.3 Å². The number of aromatic carboxylic acids is 1. The van der Waals surface area contributed by atoms with Crippen LogP contribution < -0.4 is 4.72 Å². The summed E-state index contributed by atoms with van der Waals surface area (Å²) in [7, 11) is -4.40. The minimum Gasteiger partial charge on any atom is -0.506 e. The molecule has 0 amide bonds. The number of fused-ring (bicyclic) bond motifs is 1. The predicted octanol–water partition coefficient (Wildman–Crippen LogP) is 3.89. The molecule has 3 aromatic rings. The van der Waals surface area contributed by atoms with Crippen molar-refractivity contribution in [2.24, 2.45) is 0 Å². The quantitative estimate of drug-likeness (QED) is 0.577. The molecule has 0 aliphatic carbocycles. The molecular weight excluding hydrogens is 422 g/mol. The number of benzene rings is 2. The van der Waals surface area contributed by atoms with Gasteiger partial charge in [-0.25, -0.2) is 22.6 Å². The van der Waals surface area contributed by atoms with Crippen LogP contribution in [0.2, 0.25) is 10.0 Å². The molecule has 2 aromatic carbocycles. The first-order valence-electron chi connectivity index (χ1n) is 7.13. The van der Waals surface area contributed by atoms with Crippen LogP contribution in [0, 0.1) is 5.82 Å². The van der Waals surface area contributed by atoms with E-state index < -0.39 is 38.1 Å². The first kappa shape index (κ1) is 19.2. The lowest BCUT2D eigenvalue weighted by atomic mass is 10.1. The fraction of sp³-hybridized carbons (Fsp3) is 0. The molecule has 3 rings (SSSR count). The molecule has 0 radical (unpaired) electrons. The lowest BCUT2D eigenvalue weighted by Crippen LogP contribution is -2.15. The number of phenols is 1. The van der Waals surface area contributed by atoms with Crippen LogP contribution >= 0.6 is 23.2 Å². The normalized spacial score (nSPS) is 11.5. The van der Waals surface area contributed by atoms with E-state index in [2.05, 4.69) is 9.71 Å². The fourth-order valence-electron chi connectivity index (χ4n) is 2.39. The third-order valence-corrected chi connectivity index (χ3v) is 5.43. The van der Waals surface area contributed by atoms with Crippen LogP contribution in [0.3, 0.4) is 0 Å². The van der Waals surface area contributed by atoms with Crippen molar-refractivity contribution >= 4 is 55.8 Å². The Hall–Kier alpha value is -2.62. The molecule has 1 heterocycles. The number of carboxylic acids is 1. The lowest BCUT2D eigenvalue weighted by Gasteiger charge is -2.13. The number of rotatable bonds is 4. The van der Waals surface area contributed by atoms with E-state index >= 15 is 0 Å². The number of phenolic OH excluding ortho intramolecular Hbond substituents is 1. The van der Waals surface area contributed by atoms with E-state index in [0.717, 1.165) is 18.2 Å². The molecule has 27 heavy (non-hydrogen) atoms. The number of pyridine rings is 1. The summed E-state index contributed by atoms with van der Waals surface area (Å²) >= 11 is 12.0. The first-order chi connectivity index (χ1) is 12.6. The van der Waals surface area contributed by atoms with Crippen LogP contribution in [0.15, 0.2) is 41.3 Å². The number of nitrogens with zero attached hydrogens (tertiary/aromatic N) is 1. The topological polar surface area (TPSA) is 117 Å². The van der Waals surface area contributed by atoms with Gasteiger partial charge in [0.2, 0.25) is 0 Å². The van der Waals surface area contributed by atoms with Crippen molar-refractivity contribution in [3.8, 4) is 5.75 Å². The molecule has 0 saturated carbocycles. The van der Waals surface area contributed by atoms with Gasteiger partial charge < -0.3 is 10.2 Å². The minimum absolute atomic E-state index is 0.0305. The van der Waals surface area contributed by atoms with Gasteiger partial charge in [0.1, 0.15) is 16.5 Å². The Kier molecular flexibility index (Phi) is 4.85. The Balaban J connectivity index is 2.22. The summed E-state index contributed by atoms with van der Waals surface area (Å²) in [5.41, 5.74) is -0.599. The van der Waals surface area contributed by atoms with Gasteiger partial charge in [0, 0.05) is 16.5 Å². The monoisotopic (exact) mass is 430 g/mol. The summed E-state index contributed by atoms with van der Waals surface area (Å²) in [6.45, 7) is 0. The van der Waals surface area contributed by atoms with Gasteiger partial charge in [0.05, 0.1) is 16.2 Å². The van der Waals surface area contributed by atoms with E-state index in [1.54, 1.807) is 0 Å². The molecule has 0 spiro atoms. The number of carbonyl (C=O) groups is 1. The molecule has 0 saturated heterocycles. The molecule has 0 aliphatic rings. The Morgan fingerprint density at radius 1 is 1.15 bits per heavy atom. The fourth-order valence-corrected chi connectivity index (χ4v) is 4.12. The van der Waals surface area contributed by atoms with Crippen LogP contribution in [0.5, 0.6) is 5.75 Å². The first-order valence-corrected chi connectivity index (χ1v) is 9.37. The molecule has 0 fully saturated rings. The summed E-state index contributed by atoms with van der Waals surface area (Å²) < 4.78 is 40.5. The number of hydrogen-bond donors (Lipinski definition) is 3. The highest BCUT2D eigenvalue weighted by atomic mass is 35.5. The second-order valence-corrected chi connectivity index (χ2v) is 7.85. The highest BCUT2D eigenvalue weighted by Crippen LogP contribution is 2.35. The van der Waals surface area contributed by atoms with Crippen LogP contribution in [-0.2, 0) is 10.0 Å². The third kappa shape index (κ3) is 3.75. The van der Waals surface area contributed by atoms with E-state index in [1.807, 2.05) is 0 Å². The van der Waals surface area contributed by atoms with Gasteiger partial charge in [-0.15, -0.1) is 0 Å². The van der Waals surface area contributed by atoms with Crippen molar-refractivity contribution in [2.75, 3.05) is 4.72 Å². The van der Waals surface area contributed by atoms with Crippen LogP contribution in [0.25, 0.3) is 10.9 Å². The zero-order valence-electron chi connectivity index (χ0n) is 13.1. The van der Waals surface area contributed by atoms with Crippen molar-refractivity contribution in [1.82, 2.24) is 4.98 Å². The molecule has 0 atom stereocenters. The highest BCUT2D eigenvalue weighted by Gasteiger charge is 2.23. The van der Waals surface area contributed by atoms with Gasteiger partial charge >= 0.3 is 5.97 Å². The number of sulfonamides is 1. The van der Waals surface area contributed by atoms with Gasteiger partial charge in [0.25, 0.3) is 10.0 Å². The number of aromatic hydroxyl groups is 1. The van der Waals surface area contributed by atoms with Gasteiger partial charge in [-0.3, -0.25) is 4.72 Å². The molecule has 0 unspecified atom stereocenters. The van der Waals surface area contributed by atoms with Gasteiger partial charge in [-0.1, -0.05) is 23.2 Å². The summed E-state index contributed by atoms with van der Waals surface area (Å²) in [6, 6.07) is 5.99. The maximum atomic E-state index is 13.1. The third-order valence-electron chi connectivity index (χ3n) is 3.50. The zero-order valence-corrected chi connectivity index (χ0v) is 15.4. The van der Waals surface area contributed by atoms with Crippen molar-refractivity contribution in [2.45, 2.75) is 4.90 Å².